The maximum Gasteiger partial charge on any atom is 0.223 e. The molecule has 1 unspecified atom stereocenters. The van der Waals surface area contributed by atoms with Crippen LogP contribution in [-0.2, 0) is 11.2 Å². The van der Waals surface area contributed by atoms with Gasteiger partial charge in [0.15, 0.2) is 5.43 Å². The fraction of sp³-hybridized carbons (Fsp3) is 0.292. The molecule has 6 nitrogen and oxygen atoms in total. The van der Waals surface area contributed by atoms with E-state index in [4.69, 9.17) is 26.5 Å². The van der Waals surface area contributed by atoms with Crippen LogP contribution in [0.4, 0.5) is 0 Å². The minimum absolute atomic E-state index is 0.150. The fourth-order valence-corrected chi connectivity index (χ4v) is 3.45. The molecule has 0 aliphatic heterocycles. The van der Waals surface area contributed by atoms with Crippen LogP contribution in [0.3, 0.4) is 0 Å². The molecule has 0 aliphatic rings. The van der Waals surface area contributed by atoms with E-state index in [1.807, 2.05) is 24.3 Å². The molecule has 0 saturated carbocycles. The van der Waals surface area contributed by atoms with Gasteiger partial charge in [0.2, 0.25) is 5.91 Å². The molecule has 0 spiro atoms. The Balaban J connectivity index is 1.99. The number of benzene rings is 2. The maximum atomic E-state index is 13.3. The zero-order valence-electron chi connectivity index (χ0n) is 17.6. The third-order valence-electron chi connectivity index (χ3n) is 4.99. The molecule has 163 valence electrons. The van der Waals surface area contributed by atoms with Crippen LogP contribution in [0.15, 0.2) is 51.7 Å². The van der Waals surface area contributed by atoms with Crippen molar-refractivity contribution in [3.8, 4) is 5.75 Å². The van der Waals surface area contributed by atoms with Gasteiger partial charge < -0.3 is 20.2 Å². The van der Waals surface area contributed by atoms with Gasteiger partial charge in [-0.1, -0.05) is 30.7 Å². The van der Waals surface area contributed by atoms with Gasteiger partial charge in [0, 0.05) is 42.0 Å². The number of fused-ring (bicyclic) bond motifs is 1. The topological polar surface area (TPSA) is 94.6 Å². The third-order valence-corrected chi connectivity index (χ3v) is 5.22. The molecule has 7 heteroatoms. The van der Waals surface area contributed by atoms with Gasteiger partial charge in [-0.2, -0.15) is 0 Å². The zero-order chi connectivity index (χ0) is 22.4. The number of halogens is 1. The van der Waals surface area contributed by atoms with E-state index in [9.17, 15) is 9.59 Å². The molecule has 1 atom stereocenters. The van der Waals surface area contributed by atoms with Crippen LogP contribution >= 0.6 is 11.6 Å². The van der Waals surface area contributed by atoms with E-state index in [0.717, 1.165) is 5.56 Å². The average molecular weight is 442 g/mol. The first-order chi connectivity index (χ1) is 14.9. The van der Waals surface area contributed by atoms with E-state index in [2.05, 4.69) is 5.32 Å². The van der Waals surface area contributed by atoms with Gasteiger partial charge in [-0.25, -0.2) is 0 Å². The van der Waals surface area contributed by atoms with E-state index in [1.54, 1.807) is 38.7 Å². The Labute approximate surface area is 186 Å². The summed E-state index contributed by atoms with van der Waals surface area (Å²) in [5.74, 6) is 0.410. The van der Waals surface area contributed by atoms with E-state index in [-0.39, 0.29) is 11.3 Å². The van der Waals surface area contributed by atoms with E-state index >= 15 is 0 Å². The summed E-state index contributed by atoms with van der Waals surface area (Å²) in [6.07, 6.45) is 2.71. The van der Waals surface area contributed by atoms with Crippen LogP contribution in [0.5, 0.6) is 5.75 Å². The van der Waals surface area contributed by atoms with Crippen molar-refractivity contribution in [2.24, 2.45) is 11.7 Å². The summed E-state index contributed by atoms with van der Waals surface area (Å²) in [6.45, 7) is 2.76. The quantitative estimate of drug-likeness (QED) is 0.494. The Morgan fingerprint density at radius 1 is 1.29 bits per heavy atom. The van der Waals surface area contributed by atoms with Gasteiger partial charge in [-0.05, 0) is 42.8 Å². The summed E-state index contributed by atoms with van der Waals surface area (Å²) >= 11 is 6.09. The maximum absolute atomic E-state index is 13.3. The number of ether oxygens (including phenoxy) is 1. The SMILES string of the molecule is COc1cccc(Cc2c([CH]C(C)C(=O)NCCCN)oc3cc(Cl)ccc3c2=O)c1. The molecule has 1 aromatic heterocycles. The van der Waals surface area contributed by atoms with Crippen molar-refractivity contribution in [2.45, 2.75) is 19.8 Å². The van der Waals surface area contributed by atoms with Gasteiger partial charge in [0.05, 0.1) is 12.5 Å². The number of nitrogens with one attached hydrogen (secondary N) is 1. The Morgan fingerprint density at radius 2 is 2.10 bits per heavy atom. The molecule has 3 N–H and O–H groups in total. The number of nitrogens with two attached hydrogens (primary N) is 1. The lowest BCUT2D eigenvalue weighted by Crippen LogP contribution is -2.31. The van der Waals surface area contributed by atoms with Gasteiger partial charge in [0.1, 0.15) is 17.1 Å². The molecule has 31 heavy (non-hydrogen) atoms. The van der Waals surface area contributed by atoms with Crippen LogP contribution < -0.4 is 21.2 Å². The Morgan fingerprint density at radius 3 is 2.84 bits per heavy atom. The molecule has 3 aromatic rings. The number of methoxy groups -OCH3 is 1. The number of hydrogen-bond donors (Lipinski definition) is 2. The molecular formula is C24H26ClN2O4. The number of rotatable bonds is 9. The molecule has 1 radical (unpaired) electrons. The Bertz CT molecular complexity index is 1130. The van der Waals surface area contributed by atoms with Crippen molar-refractivity contribution in [1.29, 1.82) is 0 Å². The molecular weight excluding hydrogens is 416 g/mol. The molecule has 2 aromatic carbocycles. The molecule has 0 bridgehead atoms. The van der Waals surface area contributed by atoms with Gasteiger partial charge >= 0.3 is 0 Å². The second-order valence-electron chi connectivity index (χ2n) is 7.33. The average Bonchev–Trinajstić information content (AvgIpc) is 2.76. The smallest absolute Gasteiger partial charge is 0.223 e. The highest BCUT2D eigenvalue weighted by molar-refractivity contribution is 6.31. The van der Waals surface area contributed by atoms with Crippen molar-refractivity contribution in [3.05, 3.63) is 81.0 Å². The highest BCUT2D eigenvalue weighted by atomic mass is 35.5. The van der Waals surface area contributed by atoms with Crippen molar-refractivity contribution in [3.63, 3.8) is 0 Å². The molecule has 1 heterocycles. The molecule has 0 saturated heterocycles. The lowest BCUT2D eigenvalue weighted by Gasteiger charge is -2.15. The minimum atomic E-state index is -0.499. The molecule has 0 fully saturated rings. The fourth-order valence-electron chi connectivity index (χ4n) is 3.29. The number of carbonyl (C=O) groups is 1. The monoisotopic (exact) mass is 441 g/mol. The van der Waals surface area contributed by atoms with Crippen LogP contribution in [0.1, 0.15) is 30.2 Å². The van der Waals surface area contributed by atoms with E-state index in [1.165, 1.54) is 0 Å². The first-order valence-electron chi connectivity index (χ1n) is 10.1. The molecule has 0 aliphatic carbocycles. The molecule has 1 amide bonds. The Hall–Kier alpha value is -2.83. The summed E-state index contributed by atoms with van der Waals surface area (Å²) < 4.78 is 11.4. The van der Waals surface area contributed by atoms with Crippen molar-refractivity contribution < 1.29 is 13.9 Å². The second-order valence-corrected chi connectivity index (χ2v) is 7.77. The zero-order valence-corrected chi connectivity index (χ0v) is 18.4. The summed E-state index contributed by atoms with van der Waals surface area (Å²) in [5.41, 5.74) is 7.09. The largest absolute Gasteiger partial charge is 0.497 e. The van der Waals surface area contributed by atoms with E-state index < -0.39 is 5.92 Å². The second kappa shape index (κ2) is 10.5. The van der Waals surface area contributed by atoms with Crippen molar-refractivity contribution >= 4 is 28.5 Å². The summed E-state index contributed by atoms with van der Waals surface area (Å²) in [4.78, 5) is 25.8. The third kappa shape index (κ3) is 5.66. The van der Waals surface area contributed by atoms with Crippen LogP contribution in [0.25, 0.3) is 11.0 Å². The van der Waals surface area contributed by atoms with Crippen LogP contribution in [0.2, 0.25) is 5.02 Å². The highest BCUT2D eigenvalue weighted by Crippen LogP contribution is 2.25. The number of amides is 1. The lowest BCUT2D eigenvalue weighted by molar-refractivity contribution is -0.123. The van der Waals surface area contributed by atoms with Crippen molar-refractivity contribution in [2.75, 3.05) is 20.2 Å². The minimum Gasteiger partial charge on any atom is -0.497 e. The standard InChI is InChI=1S/C24H26ClN2O4/c1-15(24(29)27-10-4-9-26)11-21-20(13-16-5-3-6-18(12-16)30-2)23(28)19-8-7-17(25)14-22(19)31-21/h3,5-8,11-12,14-15H,4,9-10,13,26H2,1-2H3,(H,27,29). The van der Waals surface area contributed by atoms with Crippen LogP contribution in [0, 0.1) is 12.3 Å². The Kier molecular flexibility index (Phi) is 7.71. The summed E-state index contributed by atoms with van der Waals surface area (Å²) in [6, 6.07) is 12.4. The van der Waals surface area contributed by atoms with Crippen LogP contribution in [-0.4, -0.2) is 26.1 Å². The van der Waals surface area contributed by atoms with Crippen molar-refractivity contribution in [1.82, 2.24) is 5.32 Å². The lowest BCUT2D eigenvalue weighted by atomic mass is 9.96. The first kappa shape index (κ1) is 22.8. The number of carbonyl (C=O) groups excluding carboxylic acids is 1. The predicted molar refractivity (Wildman–Crippen MR) is 123 cm³/mol. The number of hydrogen-bond acceptors (Lipinski definition) is 5. The first-order valence-corrected chi connectivity index (χ1v) is 10.5. The molecule has 3 rings (SSSR count). The summed E-state index contributed by atoms with van der Waals surface area (Å²) in [5, 5.41) is 3.75. The van der Waals surface area contributed by atoms with E-state index in [0.29, 0.717) is 59.0 Å². The van der Waals surface area contributed by atoms with Gasteiger partial charge in [-0.3, -0.25) is 9.59 Å². The normalized spacial score (nSPS) is 12.0. The predicted octanol–water partition coefficient (Wildman–Crippen LogP) is 3.70. The highest BCUT2D eigenvalue weighted by Gasteiger charge is 2.21. The van der Waals surface area contributed by atoms with Gasteiger partial charge in [-0.15, -0.1) is 0 Å². The van der Waals surface area contributed by atoms with Gasteiger partial charge in [0.25, 0.3) is 0 Å². The summed E-state index contributed by atoms with van der Waals surface area (Å²) in [7, 11) is 1.59.